The molecule has 2 nitrogen and oxygen atoms in total. The lowest BCUT2D eigenvalue weighted by Crippen LogP contribution is -2.30. The first-order valence-electron chi connectivity index (χ1n) is 6.35. The van der Waals surface area contributed by atoms with Crippen LogP contribution in [-0.2, 0) is 0 Å². The molecule has 1 aromatic carbocycles. The van der Waals surface area contributed by atoms with Crippen molar-refractivity contribution in [3.8, 4) is 0 Å². The van der Waals surface area contributed by atoms with Crippen molar-refractivity contribution in [3.63, 3.8) is 0 Å². The zero-order valence-electron chi connectivity index (χ0n) is 10.4. The van der Waals surface area contributed by atoms with E-state index in [1.54, 1.807) is 23.5 Å². The van der Waals surface area contributed by atoms with Crippen LogP contribution in [0, 0.1) is 5.82 Å². The van der Waals surface area contributed by atoms with Gasteiger partial charge in [0.25, 0.3) is 5.91 Å². The Bertz CT molecular complexity index is 564. The van der Waals surface area contributed by atoms with Gasteiger partial charge in [0, 0.05) is 17.0 Å². The van der Waals surface area contributed by atoms with Crippen molar-refractivity contribution in [1.82, 2.24) is 4.90 Å². The Morgan fingerprint density at radius 3 is 2.74 bits per heavy atom. The third-order valence-electron chi connectivity index (χ3n) is 3.48. The number of nitrogens with zero attached hydrogens (tertiary/aromatic N) is 1. The number of thiophene rings is 1. The molecule has 1 amide bonds. The van der Waals surface area contributed by atoms with Gasteiger partial charge in [0.2, 0.25) is 0 Å². The van der Waals surface area contributed by atoms with Crippen molar-refractivity contribution in [2.24, 2.45) is 0 Å². The molecule has 0 unspecified atom stereocenters. The molecule has 0 bridgehead atoms. The molecule has 0 saturated carbocycles. The summed E-state index contributed by atoms with van der Waals surface area (Å²) < 4.78 is 12.9. The van der Waals surface area contributed by atoms with E-state index < -0.39 is 0 Å². The normalized spacial score (nSPS) is 18.8. The second-order valence-corrected chi connectivity index (χ2v) is 5.66. The topological polar surface area (TPSA) is 20.3 Å². The molecular weight excluding hydrogens is 261 g/mol. The van der Waals surface area contributed by atoms with E-state index in [0.29, 0.717) is 5.56 Å². The Kier molecular flexibility index (Phi) is 3.34. The van der Waals surface area contributed by atoms with Gasteiger partial charge in [-0.15, -0.1) is 11.3 Å². The van der Waals surface area contributed by atoms with Gasteiger partial charge in [-0.3, -0.25) is 4.79 Å². The van der Waals surface area contributed by atoms with E-state index >= 15 is 0 Å². The van der Waals surface area contributed by atoms with E-state index in [1.807, 2.05) is 16.3 Å². The zero-order chi connectivity index (χ0) is 13.2. The lowest BCUT2D eigenvalue weighted by Gasteiger charge is -2.24. The molecule has 1 atom stereocenters. The summed E-state index contributed by atoms with van der Waals surface area (Å²) in [5, 5.41) is 2.04. The monoisotopic (exact) mass is 275 g/mol. The van der Waals surface area contributed by atoms with Gasteiger partial charge in [-0.25, -0.2) is 4.39 Å². The number of halogens is 1. The first-order chi connectivity index (χ1) is 9.25. The van der Waals surface area contributed by atoms with E-state index in [9.17, 15) is 9.18 Å². The summed E-state index contributed by atoms with van der Waals surface area (Å²) in [5.41, 5.74) is 0.560. The number of likely N-dealkylation sites (tertiary alicyclic amines) is 1. The average molecular weight is 275 g/mol. The summed E-state index contributed by atoms with van der Waals surface area (Å²) in [6, 6.07) is 10.1. The molecule has 4 heteroatoms. The molecule has 0 N–H and O–H groups in total. The molecule has 0 spiro atoms. The van der Waals surface area contributed by atoms with Gasteiger partial charge >= 0.3 is 0 Å². The Morgan fingerprint density at radius 1 is 1.26 bits per heavy atom. The van der Waals surface area contributed by atoms with E-state index in [-0.39, 0.29) is 17.8 Å². The quantitative estimate of drug-likeness (QED) is 0.815. The second-order valence-electron chi connectivity index (χ2n) is 4.68. The summed E-state index contributed by atoms with van der Waals surface area (Å²) >= 11 is 1.69. The molecule has 19 heavy (non-hydrogen) atoms. The maximum Gasteiger partial charge on any atom is 0.254 e. The fraction of sp³-hybridized carbons (Fsp3) is 0.267. The smallest absolute Gasteiger partial charge is 0.254 e. The molecule has 98 valence electrons. The van der Waals surface area contributed by atoms with E-state index in [0.717, 1.165) is 19.4 Å². The van der Waals surface area contributed by atoms with Gasteiger partial charge in [0.05, 0.1) is 6.04 Å². The highest BCUT2D eigenvalue weighted by atomic mass is 32.1. The Labute approximate surface area is 115 Å². The largest absolute Gasteiger partial charge is 0.331 e. The van der Waals surface area contributed by atoms with Crippen LogP contribution in [0.15, 0.2) is 41.8 Å². The molecule has 1 aliphatic heterocycles. The van der Waals surface area contributed by atoms with E-state index in [1.165, 1.54) is 17.0 Å². The third-order valence-corrected chi connectivity index (χ3v) is 4.45. The van der Waals surface area contributed by atoms with Crippen LogP contribution in [0.3, 0.4) is 0 Å². The molecule has 1 aliphatic rings. The molecule has 2 aromatic rings. The Balaban J connectivity index is 1.84. The fourth-order valence-corrected chi connectivity index (χ4v) is 3.42. The predicted molar refractivity (Wildman–Crippen MR) is 73.7 cm³/mol. The number of carbonyl (C=O) groups excluding carboxylic acids is 1. The first-order valence-corrected chi connectivity index (χ1v) is 7.23. The van der Waals surface area contributed by atoms with Crippen molar-refractivity contribution < 1.29 is 9.18 Å². The average Bonchev–Trinajstić information content (AvgIpc) is 3.09. The molecule has 1 fully saturated rings. The number of rotatable bonds is 2. The lowest BCUT2D eigenvalue weighted by molar-refractivity contribution is 0.0738. The van der Waals surface area contributed by atoms with Crippen molar-refractivity contribution in [2.45, 2.75) is 18.9 Å². The summed E-state index contributed by atoms with van der Waals surface area (Å²) in [6.07, 6.45) is 2.03. The summed E-state index contributed by atoms with van der Waals surface area (Å²) in [5.74, 6) is -0.316. The van der Waals surface area contributed by atoms with Crippen LogP contribution >= 0.6 is 11.3 Å². The van der Waals surface area contributed by atoms with Crippen LogP contribution in [0.4, 0.5) is 4.39 Å². The number of hydrogen-bond donors (Lipinski definition) is 0. The predicted octanol–water partition coefficient (Wildman–Crippen LogP) is 3.86. The van der Waals surface area contributed by atoms with Crippen LogP contribution in [0.25, 0.3) is 0 Å². The number of hydrogen-bond acceptors (Lipinski definition) is 2. The van der Waals surface area contributed by atoms with Crippen LogP contribution in [0.1, 0.15) is 34.1 Å². The maximum absolute atomic E-state index is 12.9. The van der Waals surface area contributed by atoms with Crippen LogP contribution in [-0.4, -0.2) is 17.4 Å². The lowest BCUT2D eigenvalue weighted by atomic mass is 10.1. The Morgan fingerprint density at radius 2 is 2.05 bits per heavy atom. The van der Waals surface area contributed by atoms with E-state index in [4.69, 9.17) is 0 Å². The number of carbonyl (C=O) groups is 1. The van der Waals surface area contributed by atoms with Gasteiger partial charge in [0.15, 0.2) is 0 Å². The van der Waals surface area contributed by atoms with Gasteiger partial charge in [0.1, 0.15) is 5.82 Å². The first kappa shape index (κ1) is 12.4. The maximum atomic E-state index is 12.9. The van der Waals surface area contributed by atoms with Crippen molar-refractivity contribution in [2.75, 3.05) is 6.54 Å². The summed E-state index contributed by atoms with van der Waals surface area (Å²) in [7, 11) is 0. The molecule has 0 aliphatic carbocycles. The molecule has 1 saturated heterocycles. The molecule has 0 radical (unpaired) electrons. The zero-order valence-corrected chi connectivity index (χ0v) is 11.2. The van der Waals surface area contributed by atoms with Gasteiger partial charge in [-0.2, -0.15) is 0 Å². The molecule has 3 rings (SSSR count). The highest BCUT2D eigenvalue weighted by Gasteiger charge is 2.31. The molecule has 1 aromatic heterocycles. The fourth-order valence-electron chi connectivity index (χ4n) is 2.54. The van der Waals surface area contributed by atoms with Crippen molar-refractivity contribution >= 4 is 17.2 Å². The highest BCUT2D eigenvalue weighted by molar-refractivity contribution is 7.10. The van der Waals surface area contributed by atoms with E-state index in [2.05, 4.69) is 6.07 Å². The minimum absolute atomic E-state index is 0.00380. The highest BCUT2D eigenvalue weighted by Crippen LogP contribution is 2.35. The SMILES string of the molecule is O=C(c1ccc(F)cc1)N1CCC[C@H]1c1cccs1. The Hall–Kier alpha value is -1.68. The van der Waals surface area contributed by atoms with Crippen LogP contribution in [0.5, 0.6) is 0 Å². The number of benzene rings is 1. The van der Waals surface area contributed by atoms with Gasteiger partial charge < -0.3 is 4.90 Å². The van der Waals surface area contributed by atoms with Crippen molar-refractivity contribution in [3.05, 3.63) is 58.0 Å². The number of amides is 1. The minimum atomic E-state index is -0.312. The molecular formula is C15H14FNOS. The minimum Gasteiger partial charge on any atom is -0.331 e. The third kappa shape index (κ3) is 2.40. The summed E-state index contributed by atoms with van der Waals surface area (Å²) in [4.78, 5) is 15.6. The van der Waals surface area contributed by atoms with Crippen molar-refractivity contribution in [1.29, 1.82) is 0 Å². The van der Waals surface area contributed by atoms with Crippen LogP contribution in [0.2, 0.25) is 0 Å². The standard InChI is InChI=1S/C15H14FNOS/c16-12-7-5-11(6-8-12)15(18)17-9-1-3-13(17)14-4-2-10-19-14/h2,4-8,10,13H,1,3,9H2/t13-/m0/s1. The van der Waals surface area contributed by atoms with Crippen LogP contribution < -0.4 is 0 Å². The van der Waals surface area contributed by atoms with Gasteiger partial charge in [-0.1, -0.05) is 6.07 Å². The van der Waals surface area contributed by atoms with Gasteiger partial charge in [-0.05, 0) is 48.6 Å². The molecule has 2 heterocycles. The summed E-state index contributed by atoms with van der Waals surface area (Å²) in [6.45, 7) is 0.777. The second kappa shape index (κ2) is 5.13.